The molecule has 17 heavy (non-hydrogen) atoms. The number of unbranched alkanes of at least 4 members (excludes halogenated alkanes) is 1. The van der Waals surface area contributed by atoms with Crippen LogP contribution < -0.4 is 0 Å². The van der Waals surface area contributed by atoms with E-state index in [4.69, 9.17) is 13.6 Å². The zero-order chi connectivity index (χ0) is 13.3. The molecule has 0 aliphatic heterocycles. The van der Waals surface area contributed by atoms with Crippen LogP contribution >= 0.6 is 7.82 Å². The van der Waals surface area contributed by atoms with Gasteiger partial charge in [-0.2, -0.15) is 0 Å². The van der Waals surface area contributed by atoms with E-state index in [1.165, 1.54) is 0 Å². The molecule has 0 aliphatic rings. The molecule has 6 nitrogen and oxygen atoms in total. The summed E-state index contributed by atoms with van der Waals surface area (Å²) in [5.41, 5.74) is 0. The van der Waals surface area contributed by atoms with Crippen molar-refractivity contribution >= 4 is 7.82 Å². The SMILES string of the molecule is CCCCOP(=O)(OC(O)CC)OC(O)CC. The number of hydrogen-bond acceptors (Lipinski definition) is 6. The highest BCUT2D eigenvalue weighted by Crippen LogP contribution is 2.51. The van der Waals surface area contributed by atoms with Crippen LogP contribution in [0.4, 0.5) is 0 Å². The van der Waals surface area contributed by atoms with Gasteiger partial charge in [0, 0.05) is 0 Å². The number of rotatable bonds is 10. The molecular weight excluding hydrogens is 247 g/mol. The fourth-order valence-electron chi connectivity index (χ4n) is 0.854. The highest BCUT2D eigenvalue weighted by molar-refractivity contribution is 7.48. The number of aliphatic hydroxyl groups excluding tert-OH is 2. The van der Waals surface area contributed by atoms with Crippen molar-refractivity contribution in [3.05, 3.63) is 0 Å². The first-order chi connectivity index (χ1) is 7.97. The lowest BCUT2D eigenvalue weighted by Gasteiger charge is -2.22. The highest BCUT2D eigenvalue weighted by Gasteiger charge is 2.32. The summed E-state index contributed by atoms with van der Waals surface area (Å²) in [6.07, 6.45) is -0.384. The number of hydrogen-bond donors (Lipinski definition) is 2. The van der Waals surface area contributed by atoms with Crippen LogP contribution in [0.3, 0.4) is 0 Å². The third-order valence-electron chi connectivity index (χ3n) is 1.95. The zero-order valence-electron chi connectivity index (χ0n) is 10.7. The topological polar surface area (TPSA) is 85.2 Å². The minimum Gasteiger partial charge on any atom is -0.367 e. The van der Waals surface area contributed by atoms with Gasteiger partial charge in [-0.1, -0.05) is 27.2 Å². The Hall–Kier alpha value is 0.0300. The van der Waals surface area contributed by atoms with Gasteiger partial charge in [0.2, 0.25) is 0 Å². The molecule has 0 fully saturated rings. The van der Waals surface area contributed by atoms with Gasteiger partial charge in [-0.05, 0) is 19.3 Å². The molecule has 0 aromatic heterocycles. The normalized spacial score (nSPS) is 18.6. The standard InChI is InChI=1S/C10H23O6P/c1-4-7-8-14-17(13,15-9(11)5-2)16-10(12)6-3/h9-12H,4-8H2,1-3H3. The van der Waals surface area contributed by atoms with Crippen molar-refractivity contribution in [2.75, 3.05) is 6.61 Å². The van der Waals surface area contributed by atoms with Gasteiger partial charge in [-0.25, -0.2) is 4.57 Å². The van der Waals surface area contributed by atoms with Crippen molar-refractivity contribution in [2.24, 2.45) is 0 Å². The van der Waals surface area contributed by atoms with Crippen LogP contribution in [0.15, 0.2) is 0 Å². The Morgan fingerprint density at radius 3 is 1.88 bits per heavy atom. The Kier molecular flexibility index (Phi) is 9.04. The molecule has 0 spiro atoms. The van der Waals surface area contributed by atoms with E-state index < -0.39 is 20.4 Å². The smallest absolute Gasteiger partial charge is 0.367 e. The highest BCUT2D eigenvalue weighted by atomic mass is 31.2. The van der Waals surface area contributed by atoms with E-state index in [1.54, 1.807) is 13.8 Å². The Morgan fingerprint density at radius 2 is 1.53 bits per heavy atom. The monoisotopic (exact) mass is 270 g/mol. The Morgan fingerprint density at radius 1 is 1.06 bits per heavy atom. The largest absolute Gasteiger partial charge is 0.479 e. The molecule has 0 saturated carbocycles. The zero-order valence-corrected chi connectivity index (χ0v) is 11.6. The van der Waals surface area contributed by atoms with Gasteiger partial charge < -0.3 is 10.2 Å². The molecule has 2 atom stereocenters. The van der Waals surface area contributed by atoms with Crippen LogP contribution in [-0.2, 0) is 18.1 Å². The van der Waals surface area contributed by atoms with Gasteiger partial charge in [0.15, 0.2) is 12.6 Å². The lowest BCUT2D eigenvalue weighted by molar-refractivity contribution is -0.0902. The second-order valence-corrected chi connectivity index (χ2v) is 5.14. The molecule has 0 amide bonds. The lowest BCUT2D eigenvalue weighted by atomic mass is 10.4. The predicted molar refractivity (Wildman–Crippen MR) is 63.2 cm³/mol. The quantitative estimate of drug-likeness (QED) is 0.360. The van der Waals surface area contributed by atoms with Crippen LogP contribution in [0.5, 0.6) is 0 Å². The maximum absolute atomic E-state index is 12.0. The third-order valence-corrected chi connectivity index (χ3v) is 3.45. The molecule has 0 radical (unpaired) electrons. The van der Waals surface area contributed by atoms with E-state index >= 15 is 0 Å². The van der Waals surface area contributed by atoms with Gasteiger partial charge >= 0.3 is 7.82 Å². The second-order valence-electron chi connectivity index (χ2n) is 3.57. The van der Waals surface area contributed by atoms with E-state index in [-0.39, 0.29) is 19.4 Å². The maximum atomic E-state index is 12.0. The van der Waals surface area contributed by atoms with Crippen LogP contribution in [0.2, 0.25) is 0 Å². The molecule has 0 heterocycles. The Bertz CT molecular complexity index is 219. The van der Waals surface area contributed by atoms with Crippen molar-refractivity contribution in [2.45, 2.75) is 59.0 Å². The molecule has 0 bridgehead atoms. The second kappa shape index (κ2) is 9.03. The van der Waals surface area contributed by atoms with Crippen LogP contribution in [-0.4, -0.2) is 29.4 Å². The van der Waals surface area contributed by atoms with E-state index in [9.17, 15) is 14.8 Å². The van der Waals surface area contributed by atoms with Gasteiger partial charge in [-0.15, -0.1) is 0 Å². The summed E-state index contributed by atoms with van der Waals surface area (Å²) in [6, 6.07) is 0. The van der Waals surface area contributed by atoms with E-state index in [1.807, 2.05) is 6.92 Å². The molecular formula is C10H23O6P. The molecule has 0 aromatic carbocycles. The van der Waals surface area contributed by atoms with Crippen molar-refractivity contribution < 1.29 is 28.3 Å². The summed E-state index contributed by atoms with van der Waals surface area (Å²) in [6.45, 7) is 5.48. The average Bonchev–Trinajstić information content (AvgIpc) is 2.28. The molecule has 0 aromatic rings. The van der Waals surface area contributed by atoms with Crippen LogP contribution in [0.25, 0.3) is 0 Å². The van der Waals surface area contributed by atoms with E-state index in [0.717, 1.165) is 6.42 Å². The van der Waals surface area contributed by atoms with E-state index in [2.05, 4.69) is 0 Å². The summed E-state index contributed by atoms with van der Waals surface area (Å²) < 4.78 is 26.7. The van der Waals surface area contributed by atoms with Crippen LogP contribution in [0, 0.1) is 0 Å². The van der Waals surface area contributed by atoms with Crippen molar-refractivity contribution in [3.8, 4) is 0 Å². The summed E-state index contributed by atoms with van der Waals surface area (Å²) in [5.74, 6) is 0. The van der Waals surface area contributed by atoms with Gasteiger partial charge in [0.05, 0.1) is 6.61 Å². The maximum Gasteiger partial charge on any atom is 0.479 e. The minimum absolute atomic E-state index is 0.195. The third kappa shape index (κ3) is 7.86. The number of phosphoric acid groups is 1. The fraction of sp³-hybridized carbons (Fsp3) is 1.00. The van der Waals surface area contributed by atoms with Crippen LogP contribution in [0.1, 0.15) is 46.5 Å². The fourth-order valence-corrected chi connectivity index (χ4v) is 2.27. The number of aliphatic hydroxyl groups is 2. The first-order valence-electron chi connectivity index (χ1n) is 5.94. The lowest BCUT2D eigenvalue weighted by Crippen LogP contribution is -2.16. The molecule has 0 saturated heterocycles. The molecule has 7 heteroatoms. The van der Waals surface area contributed by atoms with Crippen molar-refractivity contribution in [1.29, 1.82) is 0 Å². The first kappa shape index (κ1) is 17.0. The molecule has 2 unspecified atom stereocenters. The first-order valence-corrected chi connectivity index (χ1v) is 7.41. The molecule has 2 N–H and O–H groups in total. The number of phosphoric ester groups is 1. The Balaban J connectivity index is 4.39. The van der Waals surface area contributed by atoms with Gasteiger partial charge in [0.1, 0.15) is 0 Å². The van der Waals surface area contributed by atoms with Crippen molar-refractivity contribution in [1.82, 2.24) is 0 Å². The summed E-state index contributed by atoms with van der Waals surface area (Å²) in [4.78, 5) is 0. The van der Waals surface area contributed by atoms with Gasteiger partial charge in [-0.3, -0.25) is 13.6 Å². The minimum atomic E-state index is -3.89. The summed E-state index contributed by atoms with van der Waals surface area (Å²) >= 11 is 0. The molecule has 0 aliphatic carbocycles. The Labute approximate surface area is 103 Å². The van der Waals surface area contributed by atoms with Gasteiger partial charge in [0.25, 0.3) is 0 Å². The molecule has 0 rings (SSSR count). The molecule has 104 valence electrons. The summed E-state index contributed by atoms with van der Waals surface area (Å²) in [7, 11) is -3.89. The van der Waals surface area contributed by atoms with E-state index in [0.29, 0.717) is 6.42 Å². The average molecular weight is 270 g/mol. The summed E-state index contributed by atoms with van der Waals surface area (Å²) in [5, 5.41) is 18.6. The predicted octanol–water partition coefficient (Wildman–Crippen LogP) is 2.40. The van der Waals surface area contributed by atoms with Crippen molar-refractivity contribution in [3.63, 3.8) is 0 Å².